The van der Waals surface area contributed by atoms with E-state index in [4.69, 9.17) is 0 Å². The molecule has 0 bridgehead atoms. The maximum atomic E-state index is 10.1. The molecule has 1 atom stereocenters. The highest BCUT2D eigenvalue weighted by molar-refractivity contribution is 5.47. The Morgan fingerprint density at radius 3 is 2.33 bits per heavy atom. The van der Waals surface area contributed by atoms with Crippen LogP contribution < -0.4 is 5.32 Å². The van der Waals surface area contributed by atoms with Crippen LogP contribution in [0.2, 0.25) is 0 Å². The lowest BCUT2D eigenvalue weighted by molar-refractivity contribution is -0.110. The van der Waals surface area contributed by atoms with Gasteiger partial charge in [0, 0.05) is 12.4 Å². The van der Waals surface area contributed by atoms with Crippen LogP contribution in [0.1, 0.15) is 46.2 Å². The second kappa shape index (κ2) is 12.6. The summed E-state index contributed by atoms with van der Waals surface area (Å²) < 4.78 is 0. The molecule has 15 heavy (non-hydrogen) atoms. The first kappa shape index (κ1) is 16.1. The molecule has 0 aliphatic carbocycles. The number of rotatable bonds is 3. The van der Waals surface area contributed by atoms with Gasteiger partial charge in [-0.3, -0.25) is 9.78 Å². The van der Waals surface area contributed by atoms with Crippen molar-refractivity contribution in [2.75, 3.05) is 0 Å². The lowest BCUT2D eigenvalue weighted by Gasteiger charge is -2.08. The van der Waals surface area contributed by atoms with Crippen LogP contribution in [0.5, 0.6) is 0 Å². The summed E-state index contributed by atoms with van der Waals surface area (Å²) in [5.74, 6) is 0. The third-order valence-corrected chi connectivity index (χ3v) is 1.50. The highest BCUT2D eigenvalue weighted by Gasteiger charge is 2.00. The standard InChI is InChI=1S/C8H10N2O.2C2H6/c1-7(10-6-11)8-3-2-4-9-5-8;2*1-2/h2-7H,1H3,(H,10,11);2*1-2H3. The zero-order valence-corrected chi connectivity index (χ0v) is 10.3. The minimum atomic E-state index is 0.0428. The van der Waals surface area contributed by atoms with Crippen molar-refractivity contribution in [3.63, 3.8) is 0 Å². The van der Waals surface area contributed by atoms with Crippen LogP contribution in [-0.4, -0.2) is 11.4 Å². The summed E-state index contributed by atoms with van der Waals surface area (Å²) in [4.78, 5) is 14.0. The highest BCUT2D eigenvalue weighted by Crippen LogP contribution is 2.07. The van der Waals surface area contributed by atoms with E-state index in [1.807, 2.05) is 46.8 Å². The van der Waals surface area contributed by atoms with Crippen LogP contribution in [0.15, 0.2) is 24.5 Å². The molecule has 0 saturated heterocycles. The third-order valence-electron chi connectivity index (χ3n) is 1.50. The molecule has 1 heterocycles. The molecule has 0 saturated carbocycles. The van der Waals surface area contributed by atoms with Crippen molar-refractivity contribution < 1.29 is 4.79 Å². The van der Waals surface area contributed by atoms with Crippen LogP contribution in [0.25, 0.3) is 0 Å². The van der Waals surface area contributed by atoms with Crippen LogP contribution in [-0.2, 0) is 4.79 Å². The minimum absolute atomic E-state index is 0.0428. The van der Waals surface area contributed by atoms with Crippen LogP contribution in [0.4, 0.5) is 0 Å². The molecule has 86 valence electrons. The van der Waals surface area contributed by atoms with Crippen LogP contribution in [0, 0.1) is 0 Å². The Bertz CT molecular complexity index is 224. The van der Waals surface area contributed by atoms with Gasteiger partial charge in [-0.1, -0.05) is 33.8 Å². The first-order valence-corrected chi connectivity index (χ1v) is 5.44. The maximum Gasteiger partial charge on any atom is 0.207 e. The van der Waals surface area contributed by atoms with E-state index < -0.39 is 0 Å². The normalized spacial score (nSPS) is 9.67. The zero-order chi connectivity index (χ0) is 12.1. The molecule has 0 aliphatic rings. The Hall–Kier alpha value is -1.38. The topological polar surface area (TPSA) is 42.0 Å². The van der Waals surface area contributed by atoms with Crippen molar-refractivity contribution in [3.8, 4) is 0 Å². The maximum absolute atomic E-state index is 10.1. The number of nitrogens with zero attached hydrogens (tertiary/aromatic N) is 1. The number of hydrogen-bond donors (Lipinski definition) is 1. The Kier molecular flexibility index (Phi) is 13.5. The van der Waals surface area contributed by atoms with Gasteiger partial charge in [0.25, 0.3) is 0 Å². The first-order valence-electron chi connectivity index (χ1n) is 5.44. The predicted octanol–water partition coefficient (Wildman–Crippen LogP) is 2.94. The second-order valence-electron chi connectivity index (χ2n) is 2.29. The van der Waals surface area contributed by atoms with Gasteiger partial charge >= 0.3 is 0 Å². The molecule has 0 aliphatic heterocycles. The van der Waals surface area contributed by atoms with Gasteiger partial charge in [0.1, 0.15) is 0 Å². The van der Waals surface area contributed by atoms with Gasteiger partial charge in [-0.2, -0.15) is 0 Å². The van der Waals surface area contributed by atoms with Crippen molar-refractivity contribution in [1.82, 2.24) is 10.3 Å². The molecule has 1 rings (SSSR count). The Morgan fingerprint density at radius 1 is 1.33 bits per heavy atom. The number of carbonyl (C=O) groups is 1. The van der Waals surface area contributed by atoms with Crippen molar-refractivity contribution >= 4 is 6.41 Å². The van der Waals surface area contributed by atoms with Gasteiger partial charge in [0.05, 0.1) is 6.04 Å². The van der Waals surface area contributed by atoms with Crippen LogP contribution >= 0.6 is 0 Å². The van der Waals surface area contributed by atoms with Gasteiger partial charge < -0.3 is 5.32 Å². The number of amides is 1. The number of pyridine rings is 1. The summed E-state index contributed by atoms with van der Waals surface area (Å²) >= 11 is 0. The van der Waals surface area contributed by atoms with E-state index in [0.29, 0.717) is 6.41 Å². The van der Waals surface area contributed by atoms with E-state index in [2.05, 4.69) is 10.3 Å². The van der Waals surface area contributed by atoms with Gasteiger partial charge in [0.15, 0.2) is 0 Å². The fraction of sp³-hybridized carbons (Fsp3) is 0.500. The Balaban J connectivity index is 0. The van der Waals surface area contributed by atoms with E-state index >= 15 is 0 Å². The Labute approximate surface area is 92.9 Å². The lowest BCUT2D eigenvalue weighted by Crippen LogP contribution is -2.15. The molecule has 1 N–H and O–H groups in total. The number of hydrogen-bond acceptors (Lipinski definition) is 2. The molecule has 1 aromatic heterocycles. The Morgan fingerprint density at radius 2 is 1.93 bits per heavy atom. The van der Waals surface area contributed by atoms with E-state index in [9.17, 15) is 4.79 Å². The summed E-state index contributed by atoms with van der Waals surface area (Å²) in [6.07, 6.45) is 4.13. The molecule has 1 unspecified atom stereocenters. The lowest BCUT2D eigenvalue weighted by atomic mass is 10.1. The van der Waals surface area contributed by atoms with Gasteiger partial charge in [-0.25, -0.2) is 0 Å². The van der Waals surface area contributed by atoms with E-state index in [-0.39, 0.29) is 6.04 Å². The van der Waals surface area contributed by atoms with Crippen molar-refractivity contribution in [3.05, 3.63) is 30.1 Å². The molecule has 0 spiro atoms. The zero-order valence-electron chi connectivity index (χ0n) is 10.3. The smallest absolute Gasteiger partial charge is 0.207 e. The second-order valence-corrected chi connectivity index (χ2v) is 2.29. The SMILES string of the molecule is CC.CC.CC(NC=O)c1cccnc1. The van der Waals surface area contributed by atoms with Gasteiger partial charge in [-0.05, 0) is 18.6 Å². The van der Waals surface area contributed by atoms with E-state index in [1.54, 1.807) is 12.4 Å². The highest BCUT2D eigenvalue weighted by atomic mass is 16.1. The van der Waals surface area contributed by atoms with Crippen molar-refractivity contribution in [2.24, 2.45) is 0 Å². The quantitative estimate of drug-likeness (QED) is 0.779. The van der Waals surface area contributed by atoms with E-state index in [1.165, 1.54) is 0 Å². The average Bonchev–Trinajstić information content (AvgIpc) is 2.36. The van der Waals surface area contributed by atoms with Crippen molar-refractivity contribution in [1.29, 1.82) is 0 Å². The molecule has 0 fully saturated rings. The summed E-state index contributed by atoms with van der Waals surface area (Å²) in [5.41, 5.74) is 1.01. The fourth-order valence-corrected chi connectivity index (χ4v) is 0.830. The molecular formula is C12H22N2O. The van der Waals surface area contributed by atoms with Gasteiger partial charge in [-0.15, -0.1) is 0 Å². The molecule has 0 radical (unpaired) electrons. The van der Waals surface area contributed by atoms with Crippen molar-refractivity contribution in [2.45, 2.75) is 40.7 Å². The summed E-state index contributed by atoms with van der Waals surface area (Å²) in [7, 11) is 0. The fourth-order valence-electron chi connectivity index (χ4n) is 0.830. The molecule has 1 aromatic rings. The molecule has 3 nitrogen and oxygen atoms in total. The number of nitrogens with one attached hydrogen (secondary N) is 1. The minimum Gasteiger partial charge on any atom is -0.352 e. The number of aromatic nitrogens is 1. The number of carbonyl (C=O) groups excluding carboxylic acids is 1. The summed E-state index contributed by atoms with van der Waals surface area (Å²) in [6.45, 7) is 9.91. The molecule has 1 amide bonds. The molecule has 3 heteroatoms. The molecule has 0 aromatic carbocycles. The molecular weight excluding hydrogens is 188 g/mol. The summed E-state index contributed by atoms with van der Waals surface area (Å²) in [5, 5.41) is 2.64. The third kappa shape index (κ3) is 7.67. The van der Waals surface area contributed by atoms with E-state index in [0.717, 1.165) is 5.56 Å². The monoisotopic (exact) mass is 210 g/mol. The van der Waals surface area contributed by atoms with Gasteiger partial charge in [0.2, 0.25) is 6.41 Å². The average molecular weight is 210 g/mol. The largest absolute Gasteiger partial charge is 0.352 e. The summed E-state index contributed by atoms with van der Waals surface area (Å²) in [6, 6.07) is 3.81. The van der Waals surface area contributed by atoms with Crippen LogP contribution in [0.3, 0.4) is 0 Å². The first-order chi connectivity index (χ1) is 7.34. The predicted molar refractivity (Wildman–Crippen MR) is 64.5 cm³/mol.